The van der Waals surface area contributed by atoms with Crippen LogP contribution in [0.25, 0.3) is 32.9 Å². The quantitative estimate of drug-likeness (QED) is 0.178. The van der Waals surface area contributed by atoms with Gasteiger partial charge in [-0.05, 0) is 41.4 Å². The number of fused-ring (bicyclic) bond motifs is 3. The first-order valence-electron chi connectivity index (χ1n) is 15.7. The van der Waals surface area contributed by atoms with E-state index in [0.29, 0.717) is 51.7 Å². The predicted molar refractivity (Wildman–Crippen MR) is 177 cm³/mol. The summed E-state index contributed by atoms with van der Waals surface area (Å²) in [6.45, 7) is 15.7. The van der Waals surface area contributed by atoms with Gasteiger partial charge in [-0.15, -0.1) is 5.54 Å². The number of hydrogen-bond donors (Lipinski definition) is 1. The zero-order chi connectivity index (χ0) is 32.4. The number of halogens is 2. The lowest BCUT2D eigenvalue weighted by Gasteiger charge is -2.53. The second-order valence-electron chi connectivity index (χ2n) is 13.3. The molecule has 2 aromatic heterocycles. The summed E-state index contributed by atoms with van der Waals surface area (Å²) in [5, 5.41) is 11.3. The number of carboxylic acid groups (broad SMARTS) is 1. The normalized spacial score (nSPS) is 19.8. The highest BCUT2D eigenvalue weighted by molar-refractivity contribution is 6.90. The molecule has 7 nitrogen and oxygen atoms in total. The van der Waals surface area contributed by atoms with Gasteiger partial charge in [-0.25, -0.2) is 23.5 Å². The average molecular weight is 628 g/mol. The lowest BCUT2D eigenvalue weighted by Crippen LogP contribution is -2.69. The van der Waals surface area contributed by atoms with E-state index in [9.17, 15) is 9.90 Å². The van der Waals surface area contributed by atoms with Crippen LogP contribution in [0.3, 0.4) is 0 Å². The van der Waals surface area contributed by atoms with Gasteiger partial charge in [0.15, 0.2) is 5.82 Å². The van der Waals surface area contributed by atoms with Gasteiger partial charge >= 0.3 is 6.09 Å². The van der Waals surface area contributed by atoms with E-state index in [-0.39, 0.29) is 34.9 Å². The van der Waals surface area contributed by atoms with Gasteiger partial charge in [0.2, 0.25) is 0 Å². The lowest BCUT2D eigenvalue weighted by atomic mass is 9.88. The molecule has 0 bridgehead atoms. The summed E-state index contributed by atoms with van der Waals surface area (Å²) in [6, 6.07) is 8.26. The number of hydrogen-bond acceptors (Lipinski definition) is 5. The zero-order valence-corrected chi connectivity index (χ0v) is 27.8. The van der Waals surface area contributed by atoms with E-state index >= 15 is 8.78 Å². The minimum absolute atomic E-state index is 0.0442. The number of amides is 1. The minimum Gasteiger partial charge on any atom is -0.465 e. The maximum atomic E-state index is 16.5. The first-order chi connectivity index (χ1) is 21.4. The third-order valence-electron chi connectivity index (χ3n) is 10.3. The van der Waals surface area contributed by atoms with Crippen molar-refractivity contribution in [3.8, 4) is 22.7 Å². The Morgan fingerprint density at radius 1 is 1.02 bits per heavy atom. The topological polar surface area (TPSA) is 82.5 Å². The maximum absolute atomic E-state index is 16.5. The van der Waals surface area contributed by atoms with Crippen molar-refractivity contribution in [2.45, 2.75) is 89.6 Å². The van der Waals surface area contributed by atoms with Gasteiger partial charge in [-0.2, -0.15) is 0 Å². The second-order valence-corrected chi connectivity index (χ2v) is 18.9. The van der Waals surface area contributed by atoms with Crippen molar-refractivity contribution < 1.29 is 18.7 Å². The van der Waals surface area contributed by atoms with Gasteiger partial charge in [-0.3, -0.25) is 4.98 Å². The van der Waals surface area contributed by atoms with Gasteiger partial charge in [0, 0.05) is 23.7 Å². The molecule has 1 N–H and O–H groups in total. The molecule has 234 valence electrons. The van der Waals surface area contributed by atoms with Crippen molar-refractivity contribution in [1.29, 1.82) is 0 Å². The van der Waals surface area contributed by atoms with Gasteiger partial charge in [0.05, 0.1) is 29.1 Å². The third-order valence-corrected chi connectivity index (χ3v) is 16.6. The number of nitrogens with zero attached hydrogens (tertiary/aromatic N) is 5. The molecule has 2 fully saturated rings. The molecule has 6 rings (SSSR count). The van der Waals surface area contributed by atoms with Crippen LogP contribution < -0.4 is 4.90 Å². The van der Waals surface area contributed by atoms with E-state index < -0.39 is 25.8 Å². The fourth-order valence-electron chi connectivity index (χ4n) is 8.27. The molecule has 0 aliphatic carbocycles. The highest BCUT2D eigenvalue weighted by atomic mass is 28.3. The summed E-state index contributed by atoms with van der Waals surface area (Å²) in [5.74, 6) is 2.76. The lowest BCUT2D eigenvalue weighted by molar-refractivity contribution is 0.114. The van der Waals surface area contributed by atoms with Gasteiger partial charge in [0.1, 0.15) is 37.2 Å². The Morgan fingerprint density at radius 3 is 2.40 bits per heavy atom. The van der Waals surface area contributed by atoms with Crippen LogP contribution in [0.1, 0.15) is 60.5 Å². The molecule has 0 radical (unpaired) electrons. The number of likely N-dealkylation sites (tertiary alicyclic amines) is 1. The molecule has 10 heteroatoms. The van der Waals surface area contributed by atoms with Crippen molar-refractivity contribution >= 4 is 41.7 Å². The van der Waals surface area contributed by atoms with Crippen LogP contribution in [-0.4, -0.2) is 63.8 Å². The summed E-state index contributed by atoms with van der Waals surface area (Å²) >= 11 is 0. The smallest absolute Gasteiger partial charge is 0.407 e. The molecule has 2 aliphatic heterocycles. The van der Waals surface area contributed by atoms with Crippen molar-refractivity contribution in [1.82, 2.24) is 19.9 Å². The van der Waals surface area contributed by atoms with Crippen molar-refractivity contribution in [2.75, 3.05) is 11.4 Å². The molecule has 3 atom stereocenters. The summed E-state index contributed by atoms with van der Waals surface area (Å²) < 4.78 is 32.2. The summed E-state index contributed by atoms with van der Waals surface area (Å²) in [6.07, 6.45) is 2.65. The van der Waals surface area contributed by atoms with Crippen LogP contribution in [0.15, 0.2) is 42.9 Å². The Kier molecular flexibility index (Phi) is 7.80. The van der Waals surface area contributed by atoms with Gasteiger partial charge < -0.3 is 14.9 Å². The van der Waals surface area contributed by atoms with Crippen LogP contribution >= 0.6 is 0 Å². The highest BCUT2D eigenvalue weighted by Gasteiger charge is 2.55. The van der Waals surface area contributed by atoms with Gasteiger partial charge in [-0.1, -0.05) is 71.7 Å². The number of rotatable bonds is 5. The predicted octanol–water partition coefficient (Wildman–Crippen LogP) is 8.02. The third kappa shape index (κ3) is 4.66. The van der Waals surface area contributed by atoms with Gasteiger partial charge in [0.25, 0.3) is 0 Å². The maximum Gasteiger partial charge on any atom is 0.407 e. The average Bonchev–Trinajstić information content (AvgIpc) is 3.38. The molecule has 0 saturated carbocycles. The molecule has 0 unspecified atom stereocenters. The van der Waals surface area contributed by atoms with Crippen LogP contribution in [0.4, 0.5) is 19.4 Å². The highest BCUT2D eigenvalue weighted by Crippen LogP contribution is 2.44. The van der Waals surface area contributed by atoms with E-state index in [1.54, 1.807) is 18.3 Å². The van der Waals surface area contributed by atoms with Crippen LogP contribution in [-0.2, 0) is 0 Å². The van der Waals surface area contributed by atoms with Crippen LogP contribution in [0.5, 0.6) is 0 Å². The van der Waals surface area contributed by atoms with E-state index in [1.165, 1.54) is 17.3 Å². The summed E-state index contributed by atoms with van der Waals surface area (Å²) in [7, 11) is -2.18. The van der Waals surface area contributed by atoms with E-state index in [1.807, 2.05) is 24.0 Å². The van der Waals surface area contributed by atoms with E-state index in [2.05, 4.69) is 68.0 Å². The number of benzene rings is 2. The fraction of sp³-hybridized carbons (Fsp3) is 0.429. The number of carbonyl (C=O) groups is 1. The molecular weight excluding hydrogens is 589 g/mol. The number of aromatic nitrogens is 3. The molecule has 2 aliphatic rings. The Bertz CT molecular complexity index is 1860. The largest absolute Gasteiger partial charge is 0.465 e. The summed E-state index contributed by atoms with van der Waals surface area (Å²) in [4.78, 5) is 28.7. The second kappa shape index (κ2) is 11.4. The standard InChI is InChI=1S/C35H39F2N5O2Si/c1-19(2)45(20(3)4,21(5)6)16-14-24-27(36)12-11-23-9-8-10-25(29(23)24)31-30(37)32-26(17-38-31)34(40-18-39-32)42-22(7)33-28(42)13-15-41(33)35(43)44/h8-12,17-22,28,33H,13,15H2,1-7H3,(H,43,44)/t22-,28+,33+/m0/s1. The van der Waals surface area contributed by atoms with Crippen LogP contribution in [0.2, 0.25) is 16.6 Å². The zero-order valence-electron chi connectivity index (χ0n) is 26.8. The SMILES string of the molecule is CC(C)[Si](C#Cc1c(F)ccc2cccc(-c3ncc4c(N5[C@@H]6CCN(C(=O)O)[C@@H]6[C@@H]5C)ncnc4c3F)c12)(C(C)C)C(C)C. The molecule has 1 amide bonds. The molecule has 4 aromatic rings. The molecule has 45 heavy (non-hydrogen) atoms. The molecule has 2 saturated heterocycles. The van der Waals surface area contributed by atoms with Crippen molar-refractivity contribution in [3.63, 3.8) is 0 Å². The Morgan fingerprint density at radius 2 is 1.73 bits per heavy atom. The fourth-order valence-corrected chi connectivity index (χ4v) is 13.5. The first-order valence-corrected chi connectivity index (χ1v) is 17.9. The number of anilines is 1. The Hall–Kier alpha value is -4.10. The number of pyridine rings is 1. The molecule has 4 heterocycles. The minimum atomic E-state index is -2.18. The summed E-state index contributed by atoms with van der Waals surface area (Å²) in [5.41, 5.74) is 5.65. The molecule has 2 aromatic carbocycles. The monoisotopic (exact) mass is 627 g/mol. The molecule has 0 spiro atoms. The van der Waals surface area contributed by atoms with Crippen molar-refractivity contribution in [3.05, 3.63) is 60.1 Å². The van der Waals surface area contributed by atoms with E-state index in [4.69, 9.17) is 0 Å². The van der Waals surface area contributed by atoms with Crippen molar-refractivity contribution in [2.24, 2.45) is 0 Å². The van der Waals surface area contributed by atoms with E-state index in [0.717, 1.165) is 5.39 Å². The Balaban J connectivity index is 1.49. The molecular formula is C35H39F2N5O2Si. The first kappa shape index (κ1) is 30.9. The Labute approximate surface area is 263 Å². The van der Waals surface area contributed by atoms with Crippen LogP contribution in [0, 0.1) is 23.1 Å².